The van der Waals surface area contributed by atoms with Crippen LogP contribution in [0.25, 0.3) is 0 Å². The highest BCUT2D eigenvalue weighted by atomic mass is 16.6. The molecule has 0 saturated heterocycles. The zero-order valence-corrected chi connectivity index (χ0v) is 11.3. The highest BCUT2D eigenvalue weighted by Gasteiger charge is 2.13. The van der Waals surface area contributed by atoms with Crippen molar-refractivity contribution < 1.29 is 19.6 Å². The number of aliphatic carboxylic acids is 1. The second kappa shape index (κ2) is 8.91. The van der Waals surface area contributed by atoms with E-state index in [4.69, 9.17) is 9.84 Å². The topological polar surface area (TPSA) is 89.7 Å². The zero-order valence-electron chi connectivity index (χ0n) is 11.3. The van der Waals surface area contributed by atoms with Gasteiger partial charge in [-0.25, -0.2) is 0 Å². The molecule has 0 bridgehead atoms. The Bertz CT molecular complexity index is 402. The van der Waals surface area contributed by atoms with E-state index < -0.39 is 17.0 Å². The van der Waals surface area contributed by atoms with E-state index in [2.05, 4.69) is 0 Å². The molecule has 0 heterocycles. The largest absolute Gasteiger partial charge is 0.490 e. The fourth-order valence-electron chi connectivity index (χ4n) is 1.30. The van der Waals surface area contributed by atoms with Gasteiger partial charge in [0.1, 0.15) is 11.9 Å². The zero-order chi connectivity index (χ0) is 14.8. The Balaban J connectivity index is 0.00000154. The molecular weight excluding hydrogens is 250 g/mol. The SMILES string of the molecule is CC.CCC(CC(=O)O)Oc1ccc([N+](=O)[O-])cc1. The van der Waals surface area contributed by atoms with Crippen molar-refractivity contribution in [3.63, 3.8) is 0 Å². The van der Waals surface area contributed by atoms with Gasteiger partial charge in [0, 0.05) is 12.1 Å². The number of ether oxygens (including phenoxy) is 1. The lowest BCUT2D eigenvalue weighted by Gasteiger charge is -2.15. The fourth-order valence-corrected chi connectivity index (χ4v) is 1.30. The molecule has 0 aliphatic carbocycles. The molecule has 1 rings (SSSR count). The summed E-state index contributed by atoms with van der Waals surface area (Å²) in [6, 6.07) is 5.57. The van der Waals surface area contributed by atoms with Crippen LogP contribution in [0.2, 0.25) is 0 Å². The van der Waals surface area contributed by atoms with Crippen LogP contribution in [0, 0.1) is 10.1 Å². The summed E-state index contributed by atoms with van der Waals surface area (Å²) in [6.07, 6.45) is 0.0468. The van der Waals surface area contributed by atoms with Crippen LogP contribution in [0.1, 0.15) is 33.6 Å². The van der Waals surface area contributed by atoms with E-state index in [-0.39, 0.29) is 12.1 Å². The van der Waals surface area contributed by atoms with Gasteiger partial charge in [0.05, 0.1) is 11.3 Å². The lowest BCUT2D eigenvalue weighted by atomic mass is 10.2. The lowest BCUT2D eigenvalue weighted by Crippen LogP contribution is -2.19. The number of nitro benzene ring substituents is 1. The van der Waals surface area contributed by atoms with Crippen LogP contribution in [0.4, 0.5) is 5.69 Å². The summed E-state index contributed by atoms with van der Waals surface area (Å²) in [5.41, 5.74) is -0.0244. The van der Waals surface area contributed by atoms with Crippen LogP contribution in [-0.4, -0.2) is 22.1 Å². The molecule has 1 unspecified atom stereocenters. The molecule has 1 aromatic carbocycles. The normalized spacial score (nSPS) is 10.9. The maximum atomic E-state index is 10.5. The number of nitrogens with zero attached hydrogens (tertiary/aromatic N) is 1. The van der Waals surface area contributed by atoms with Crippen molar-refractivity contribution >= 4 is 11.7 Å². The van der Waals surface area contributed by atoms with Crippen LogP contribution >= 0.6 is 0 Å². The molecule has 6 nitrogen and oxygen atoms in total. The third-order valence-corrected chi connectivity index (χ3v) is 2.21. The van der Waals surface area contributed by atoms with Gasteiger partial charge in [0.15, 0.2) is 0 Å². The van der Waals surface area contributed by atoms with Crippen molar-refractivity contribution in [3.05, 3.63) is 34.4 Å². The fraction of sp³-hybridized carbons (Fsp3) is 0.462. The summed E-state index contributed by atoms with van der Waals surface area (Å²) < 4.78 is 5.41. The molecule has 0 fully saturated rings. The summed E-state index contributed by atoms with van der Waals surface area (Å²) in [4.78, 5) is 20.5. The monoisotopic (exact) mass is 269 g/mol. The molecule has 0 aromatic heterocycles. The van der Waals surface area contributed by atoms with Crippen molar-refractivity contribution in [3.8, 4) is 5.75 Å². The summed E-state index contributed by atoms with van der Waals surface area (Å²) in [5.74, 6) is -0.498. The van der Waals surface area contributed by atoms with E-state index in [1.165, 1.54) is 24.3 Å². The summed E-state index contributed by atoms with van der Waals surface area (Å²) in [7, 11) is 0. The standard InChI is InChI=1S/C11H13NO5.C2H6/c1-2-9(7-11(13)14)17-10-5-3-8(4-6-10)12(15)16;1-2/h3-6,9H,2,7H2,1H3,(H,13,14);1-2H3. The number of nitro groups is 1. The molecule has 1 atom stereocenters. The number of carbonyl (C=O) groups is 1. The maximum Gasteiger partial charge on any atom is 0.307 e. The van der Waals surface area contributed by atoms with Crippen molar-refractivity contribution in [1.82, 2.24) is 0 Å². The van der Waals surface area contributed by atoms with Gasteiger partial charge in [-0.2, -0.15) is 0 Å². The van der Waals surface area contributed by atoms with Crippen molar-refractivity contribution in [2.45, 2.75) is 39.7 Å². The molecule has 1 aromatic rings. The number of non-ortho nitro benzene ring substituents is 1. The Morgan fingerprint density at radius 2 is 1.89 bits per heavy atom. The van der Waals surface area contributed by atoms with Gasteiger partial charge < -0.3 is 9.84 Å². The minimum Gasteiger partial charge on any atom is -0.490 e. The Morgan fingerprint density at radius 3 is 2.26 bits per heavy atom. The lowest BCUT2D eigenvalue weighted by molar-refractivity contribution is -0.384. The molecule has 106 valence electrons. The Kier molecular flexibility index (Phi) is 7.92. The molecule has 19 heavy (non-hydrogen) atoms. The number of carboxylic acids is 1. The van der Waals surface area contributed by atoms with Gasteiger partial charge in [0.25, 0.3) is 5.69 Å². The average Bonchev–Trinajstić information content (AvgIpc) is 2.40. The van der Waals surface area contributed by atoms with Gasteiger partial charge >= 0.3 is 5.97 Å². The molecule has 0 radical (unpaired) electrons. The first-order valence-corrected chi connectivity index (χ1v) is 6.15. The van der Waals surface area contributed by atoms with Crippen LogP contribution < -0.4 is 4.74 Å². The summed E-state index contributed by atoms with van der Waals surface area (Å²) in [5, 5.41) is 19.1. The second-order valence-corrected chi connectivity index (χ2v) is 3.50. The Morgan fingerprint density at radius 1 is 1.37 bits per heavy atom. The van der Waals surface area contributed by atoms with E-state index in [1.54, 1.807) is 0 Å². The Hall–Kier alpha value is -2.11. The van der Waals surface area contributed by atoms with Crippen molar-refractivity contribution in [1.29, 1.82) is 0 Å². The van der Waals surface area contributed by atoms with Gasteiger partial charge in [-0.1, -0.05) is 20.8 Å². The van der Waals surface area contributed by atoms with E-state index >= 15 is 0 Å². The minimum atomic E-state index is -0.932. The molecule has 0 aliphatic rings. The third-order valence-electron chi connectivity index (χ3n) is 2.21. The van der Waals surface area contributed by atoms with E-state index in [0.717, 1.165) is 0 Å². The number of rotatable bonds is 6. The van der Waals surface area contributed by atoms with Gasteiger partial charge in [-0.15, -0.1) is 0 Å². The smallest absolute Gasteiger partial charge is 0.307 e. The van der Waals surface area contributed by atoms with Crippen molar-refractivity contribution in [2.75, 3.05) is 0 Å². The number of benzene rings is 1. The van der Waals surface area contributed by atoms with Crippen LogP contribution in [0.15, 0.2) is 24.3 Å². The molecule has 6 heteroatoms. The molecular formula is C13H19NO5. The first kappa shape index (κ1) is 16.9. The van der Waals surface area contributed by atoms with Crippen LogP contribution in [0.3, 0.4) is 0 Å². The van der Waals surface area contributed by atoms with E-state index in [1.807, 2.05) is 20.8 Å². The van der Waals surface area contributed by atoms with Crippen LogP contribution in [0.5, 0.6) is 5.75 Å². The molecule has 0 amide bonds. The molecule has 0 saturated carbocycles. The first-order chi connectivity index (χ1) is 9.02. The Labute approximate surface area is 112 Å². The molecule has 1 N–H and O–H groups in total. The number of hydrogen-bond acceptors (Lipinski definition) is 4. The van der Waals surface area contributed by atoms with Crippen molar-refractivity contribution in [2.24, 2.45) is 0 Å². The highest BCUT2D eigenvalue weighted by molar-refractivity contribution is 5.67. The van der Waals surface area contributed by atoms with E-state index in [0.29, 0.717) is 12.2 Å². The summed E-state index contributed by atoms with van der Waals surface area (Å²) in [6.45, 7) is 5.82. The van der Waals surface area contributed by atoms with Gasteiger partial charge in [-0.05, 0) is 18.6 Å². The second-order valence-electron chi connectivity index (χ2n) is 3.50. The third kappa shape index (κ3) is 6.40. The predicted molar refractivity (Wildman–Crippen MR) is 71.4 cm³/mol. The predicted octanol–water partition coefficient (Wildman–Crippen LogP) is 3.25. The van der Waals surface area contributed by atoms with Crippen LogP contribution in [-0.2, 0) is 4.79 Å². The maximum absolute atomic E-state index is 10.5. The summed E-state index contributed by atoms with van der Waals surface area (Å²) >= 11 is 0. The number of carboxylic acid groups (broad SMARTS) is 1. The van der Waals surface area contributed by atoms with Gasteiger partial charge in [-0.3, -0.25) is 14.9 Å². The van der Waals surface area contributed by atoms with E-state index in [9.17, 15) is 14.9 Å². The average molecular weight is 269 g/mol. The van der Waals surface area contributed by atoms with Gasteiger partial charge in [0.2, 0.25) is 0 Å². The molecule has 0 spiro atoms. The molecule has 0 aliphatic heterocycles. The highest BCUT2D eigenvalue weighted by Crippen LogP contribution is 2.19. The quantitative estimate of drug-likeness (QED) is 0.632. The first-order valence-electron chi connectivity index (χ1n) is 6.15. The number of hydrogen-bond donors (Lipinski definition) is 1. The minimum absolute atomic E-state index is 0.0244.